The lowest BCUT2D eigenvalue weighted by Crippen LogP contribution is -2.29. The van der Waals surface area contributed by atoms with Gasteiger partial charge < -0.3 is 19.9 Å². The minimum atomic E-state index is -0.460. The number of nitrogens with one attached hydrogen (secondary N) is 1. The van der Waals surface area contributed by atoms with Gasteiger partial charge in [0.05, 0.1) is 18.8 Å². The third-order valence-corrected chi connectivity index (χ3v) is 2.36. The normalized spacial score (nSPS) is 12.7. The quantitative estimate of drug-likeness (QED) is 0.738. The summed E-state index contributed by atoms with van der Waals surface area (Å²) in [6, 6.07) is 7.96. The minimum absolute atomic E-state index is 0.193. The van der Waals surface area contributed by atoms with Crippen LogP contribution in [0.2, 0.25) is 0 Å². The molecule has 0 radical (unpaired) electrons. The highest BCUT2D eigenvalue weighted by Crippen LogP contribution is 2.13. The fourth-order valence-corrected chi connectivity index (χ4v) is 1.59. The molecule has 1 rings (SSSR count). The Labute approximate surface area is 109 Å². The Balaban J connectivity index is 2.30. The molecule has 0 saturated carbocycles. The molecule has 0 aliphatic carbocycles. The number of rotatable bonds is 8. The second-order valence-electron chi connectivity index (χ2n) is 4.55. The highest BCUT2D eigenvalue weighted by molar-refractivity contribution is 5.27. The van der Waals surface area contributed by atoms with Gasteiger partial charge in [0, 0.05) is 20.2 Å². The van der Waals surface area contributed by atoms with Crippen molar-refractivity contribution in [1.29, 1.82) is 0 Å². The largest absolute Gasteiger partial charge is 0.491 e. The number of benzene rings is 1. The lowest BCUT2D eigenvalue weighted by Gasteiger charge is -2.12. The van der Waals surface area contributed by atoms with Crippen LogP contribution < -0.4 is 10.1 Å². The molecular weight excluding hydrogens is 230 g/mol. The SMILES string of the molecule is COCC(O)CNCc1ccc(OC(C)C)cc1. The van der Waals surface area contributed by atoms with Crippen molar-refractivity contribution < 1.29 is 14.6 Å². The molecule has 0 bridgehead atoms. The summed E-state index contributed by atoms with van der Waals surface area (Å²) in [5, 5.41) is 12.6. The molecule has 4 nitrogen and oxygen atoms in total. The maximum atomic E-state index is 9.46. The number of hydrogen-bond acceptors (Lipinski definition) is 4. The fraction of sp³-hybridized carbons (Fsp3) is 0.571. The van der Waals surface area contributed by atoms with Crippen molar-refractivity contribution in [2.75, 3.05) is 20.3 Å². The second-order valence-corrected chi connectivity index (χ2v) is 4.55. The average Bonchev–Trinajstić information content (AvgIpc) is 2.31. The van der Waals surface area contributed by atoms with Crippen molar-refractivity contribution >= 4 is 0 Å². The first kappa shape index (κ1) is 15.0. The lowest BCUT2D eigenvalue weighted by atomic mass is 10.2. The predicted octanol–water partition coefficient (Wildman–Crippen LogP) is 1.57. The summed E-state index contributed by atoms with van der Waals surface area (Å²) in [7, 11) is 1.58. The van der Waals surface area contributed by atoms with Crippen LogP contribution in [-0.2, 0) is 11.3 Å². The molecule has 1 atom stereocenters. The highest BCUT2D eigenvalue weighted by Gasteiger charge is 2.02. The second kappa shape index (κ2) is 8.08. The van der Waals surface area contributed by atoms with Crippen LogP contribution in [0.5, 0.6) is 5.75 Å². The van der Waals surface area contributed by atoms with Gasteiger partial charge in [-0.25, -0.2) is 0 Å². The first-order valence-electron chi connectivity index (χ1n) is 6.25. The van der Waals surface area contributed by atoms with E-state index in [1.54, 1.807) is 7.11 Å². The molecule has 0 aromatic heterocycles. The average molecular weight is 253 g/mol. The van der Waals surface area contributed by atoms with Crippen LogP contribution in [0.15, 0.2) is 24.3 Å². The van der Waals surface area contributed by atoms with E-state index in [0.717, 1.165) is 17.9 Å². The van der Waals surface area contributed by atoms with Crippen LogP contribution in [0.4, 0.5) is 0 Å². The van der Waals surface area contributed by atoms with Crippen molar-refractivity contribution in [3.63, 3.8) is 0 Å². The van der Waals surface area contributed by atoms with E-state index in [2.05, 4.69) is 5.32 Å². The standard InChI is InChI=1S/C14H23NO3/c1-11(2)18-14-6-4-12(5-7-14)8-15-9-13(16)10-17-3/h4-7,11,13,15-16H,8-10H2,1-3H3. The van der Waals surface area contributed by atoms with Gasteiger partial charge in [-0.15, -0.1) is 0 Å². The van der Waals surface area contributed by atoms with E-state index >= 15 is 0 Å². The van der Waals surface area contributed by atoms with Crippen LogP contribution in [0.3, 0.4) is 0 Å². The summed E-state index contributed by atoms with van der Waals surface area (Å²) in [4.78, 5) is 0. The number of methoxy groups -OCH3 is 1. The molecular formula is C14H23NO3. The summed E-state index contributed by atoms with van der Waals surface area (Å²) < 4.78 is 10.4. The maximum absolute atomic E-state index is 9.46. The number of aliphatic hydroxyl groups is 1. The van der Waals surface area contributed by atoms with Crippen molar-refractivity contribution in [3.05, 3.63) is 29.8 Å². The van der Waals surface area contributed by atoms with E-state index in [0.29, 0.717) is 13.2 Å². The van der Waals surface area contributed by atoms with E-state index in [1.807, 2.05) is 38.1 Å². The molecule has 0 saturated heterocycles. The van der Waals surface area contributed by atoms with Crippen molar-refractivity contribution in [2.24, 2.45) is 0 Å². The number of hydrogen-bond donors (Lipinski definition) is 2. The third kappa shape index (κ3) is 6.00. The van der Waals surface area contributed by atoms with Crippen molar-refractivity contribution in [1.82, 2.24) is 5.32 Å². The minimum Gasteiger partial charge on any atom is -0.491 e. The molecule has 0 spiro atoms. The Kier molecular flexibility index (Phi) is 6.72. The van der Waals surface area contributed by atoms with E-state index < -0.39 is 6.10 Å². The molecule has 102 valence electrons. The van der Waals surface area contributed by atoms with Crippen LogP contribution >= 0.6 is 0 Å². The Bertz CT molecular complexity index is 324. The van der Waals surface area contributed by atoms with E-state index in [9.17, 15) is 5.11 Å². The van der Waals surface area contributed by atoms with Gasteiger partial charge in [0.1, 0.15) is 5.75 Å². The van der Waals surface area contributed by atoms with Crippen molar-refractivity contribution in [3.8, 4) is 5.75 Å². The van der Waals surface area contributed by atoms with Crippen molar-refractivity contribution in [2.45, 2.75) is 32.6 Å². The molecule has 1 aromatic rings. The van der Waals surface area contributed by atoms with Gasteiger partial charge in [0.2, 0.25) is 0 Å². The Morgan fingerprint density at radius 3 is 2.44 bits per heavy atom. The summed E-state index contributed by atoms with van der Waals surface area (Å²) in [5.41, 5.74) is 1.16. The topological polar surface area (TPSA) is 50.7 Å². The number of aliphatic hydroxyl groups excluding tert-OH is 1. The van der Waals surface area contributed by atoms with Crippen LogP contribution in [0, 0.1) is 0 Å². The van der Waals surface area contributed by atoms with Crippen LogP contribution in [0.25, 0.3) is 0 Å². The Morgan fingerprint density at radius 2 is 1.89 bits per heavy atom. The first-order valence-corrected chi connectivity index (χ1v) is 6.25. The predicted molar refractivity (Wildman–Crippen MR) is 71.8 cm³/mol. The van der Waals surface area contributed by atoms with Gasteiger partial charge in [-0.3, -0.25) is 0 Å². The van der Waals surface area contributed by atoms with Crippen LogP contribution in [0.1, 0.15) is 19.4 Å². The molecule has 4 heteroatoms. The zero-order chi connectivity index (χ0) is 13.4. The van der Waals surface area contributed by atoms with Gasteiger partial charge >= 0.3 is 0 Å². The fourth-order valence-electron chi connectivity index (χ4n) is 1.59. The van der Waals surface area contributed by atoms with Gasteiger partial charge in [-0.2, -0.15) is 0 Å². The van der Waals surface area contributed by atoms with Gasteiger partial charge in [0.15, 0.2) is 0 Å². The molecule has 1 unspecified atom stereocenters. The van der Waals surface area contributed by atoms with Gasteiger partial charge in [0.25, 0.3) is 0 Å². The Hall–Kier alpha value is -1.10. The molecule has 0 amide bonds. The molecule has 0 fully saturated rings. The van der Waals surface area contributed by atoms with E-state index in [1.165, 1.54) is 0 Å². The summed E-state index contributed by atoms with van der Waals surface area (Å²) >= 11 is 0. The highest BCUT2D eigenvalue weighted by atomic mass is 16.5. The molecule has 0 aliphatic rings. The molecule has 0 aliphatic heterocycles. The first-order chi connectivity index (χ1) is 8.61. The van der Waals surface area contributed by atoms with E-state index in [-0.39, 0.29) is 6.10 Å². The summed E-state index contributed by atoms with van der Waals surface area (Å²) in [5.74, 6) is 0.883. The zero-order valence-corrected chi connectivity index (χ0v) is 11.3. The summed E-state index contributed by atoms with van der Waals surface area (Å²) in [6.07, 6.45) is -0.267. The molecule has 2 N–H and O–H groups in total. The monoisotopic (exact) mass is 253 g/mol. The smallest absolute Gasteiger partial charge is 0.119 e. The van der Waals surface area contributed by atoms with Gasteiger partial charge in [-0.05, 0) is 31.5 Å². The zero-order valence-electron chi connectivity index (χ0n) is 11.3. The Morgan fingerprint density at radius 1 is 1.22 bits per heavy atom. The third-order valence-electron chi connectivity index (χ3n) is 2.36. The molecule has 0 heterocycles. The lowest BCUT2D eigenvalue weighted by molar-refractivity contribution is 0.0644. The van der Waals surface area contributed by atoms with Gasteiger partial charge in [-0.1, -0.05) is 12.1 Å². The van der Waals surface area contributed by atoms with Crippen LogP contribution in [-0.4, -0.2) is 37.6 Å². The number of ether oxygens (including phenoxy) is 2. The molecule has 18 heavy (non-hydrogen) atoms. The summed E-state index contributed by atoms with van der Waals surface area (Å²) in [6.45, 7) is 5.62. The molecule has 1 aromatic carbocycles. The van der Waals surface area contributed by atoms with E-state index in [4.69, 9.17) is 9.47 Å². The maximum Gasteiger partial charge on any atom is 0.119 e.